The molecule has 0 unspecified atom stereocenters. The summed E-state index contributed by atoms with van der Waals surface area (Å²) in [6.07, 6.45) is 2.06. The number of nitrogens with zero attached hydrogens (tertiary/aromatic N) is 2. The van der Waals surface area contributed by atoms with E-state index in [0.717, 1.165) is 11.4 Å². The highest BCUT2D eigenvalue weighted by Gasteiger charge is 2.11. The van der Waals surface area contributed by atoms with Crippen LogP contribution in [0.5, 0.6) is 5.75 Å². The fourth-order valence-electron chi connectivity index (χ4n) is 1.74. The number of aromatic nitrogens is 3. The average molecular weight is 260 g/mol. The summed E-state index contributed by atoms with van der Waals surface area (Å²) in [6.45, 7) is 2.43. The molecule has 0 fully saturated rings. The highest BCUT2D eigenvalue weighted by Crippen LogP contribution is 2.19. The first-order valence-electron chi connectivity index (χ1n) is 5.98. The number of benzene rings is 1. The Morgan fingerprint density at radius 3 is 3.00 bits per heavy atom. The first-order chi connectivity index (χ1) is 9.20. The zero-order chi connectivity index (χ0) is 13.7. The van der Waals surface area contributed by atoms with Crippen LogP contribution >= 0.6 is 0 Å². The molecule has 0 aliphatic carbocycles. The molecule has 6 heteroatoms. The van der Waals surface area contributed by atoms with Crippen LogP contribution in [0.3, 0.4) is 0 Å². The number of nitrogens with one attached hydrogen (secondary N) is 2. The van der Waals surface area contributed by atoms with E-state index >= 15 is 0 Å². The maximum absolute atomic E-state index is 12.1. The van der Waals surface area contributed by atoms with Gasteiger partial charge in [0.15, 0.2) is 0 Å². The normalized spacial score (nSPS) is 10.2. The van der Waals surface area contributed by atoms with Crippen LogP contribution in [-0.2, 0) is 6.42 Å². The fraction of sp³-hybridized carbons (Fsp3) is 0.308. The Morgan fingerprint density at radius 1 is 1.47 bits per heavy atom. The lowest BCUT2D eigenvalue weighted by Crippen LogP contribution is -2.26. The van der Waals surface area contributed by atoms with Gasteiger partial charge >= 0.3 is 0 Å². The van der Waals surface area contributed by atoms with Gasteiger partial charge in [0, 0.05) is 13.0 Å². The minimum absolute atomic E-state index is 0.153. The fourth-order valence-corrected chi connectivity index (χ4v) is 1.74. The third-order valence-electron chi connectivity index (χ3n) is 2.71. The summed E-state index contributed by atoms with van der Waals surface area (Å²) in [5.74, 6) is 1.17. The summed E-state index contributed by atoms with van der Waals surface area (Å²) in [6, 6.07) is 5.51. The van der Waals surface area contributed by atoms with Crippen LogP contribution in [-0.4, -0.2) is 34.7 Å². The van der Waals surface area contributed by atoms with Gasteiger partial charge in [-0.05, 0) is 19.1 Å². The molecule has 0 atom stereocenters. The number of carbonyl (C=O) groups is 1. The van der Waals surface area contributed by atoms with E-state index in [1.807, 2.05) is 19.1 Å². The van der Waals surface area contributed by atoms with Crippen molar-refractivity contribution in [2.75, 3.05) is 13.7 Å². The van der Waals surface area contributed by atoms with Gasteiger partial charge in [0.05, 0.1) is 12.7 Å². The second-order valence-corrected chi connectivity index (χ2v) is 4.14. The van der Waals surface area contributed by atoms with Gasteiger partial charge in [-0.2, -0.15) is 5.10 Å². The topological polar surface area (TPSA) is 79.9 Å². The van der Waals surface area contributed by atoms with Crippen LogP contribution in [0.2, 0.25) is 0 Å². The smallest absolute Gasteiger partial charge is 0.255 e. The second-order valence-electron chi connectivity index (χ2n) is 4.14. The molecular weight excluding hydrogens is 244 g/mol. The zero-order valence-corrected chi connectivity index (χ0v) is 10.9. The molecule has 0 radical (unpaired) electrons. The minimum Gasteiger partial charge on any atom is -0.496 e. The van der Waals surface area contributed by atoms with Gasteiger partial charge < -0.3 is 10.1 Å². The standard InChI is InChI=1S/C13H16N4O2/c1-9-3-4-11(19-2)10(7-9)13(18)14-6-5-12-15-8-16-17-12/h3-4,7-8H,5-6H2,1-2H3,(H,14,18)(H,15,16,17). The number of rotatable bonds is 5. The van der Waals surface area contributed by atoms with E-state index in [4.69, 9.17) is 4.74 Å². The van der Waals surface area contributed by atoms with Gasteiger partial charge in [-0.1, -0.05) is 11.6 Å². The van der Waals surface area contributed by atoms with Crippen molar-refractivity contribution < 1.29 is 9.53 Å². The Morgan fingerprint density at radius 2 is 2.32 bits per heavy atom. The third kappa shape index (κ3) is 3.31. The molecule has 1 amide bonds. The van der Waals surface area contributed by atoms with Crippen LogP contribution in [0, 0.1) is 6.92 Å². The molecule has 0 aliphatic heterocycles. The summed E-state index contributed by atoms with van der Waals surface area (Å²) >= 11 is 0. The summed E-state index contributed by atoms with van der Waals surface area (Å²) in [5, 5.41) is 9.33. The first-order valence-corrected chi connectivity index (χ1v) is 5.98. The third-order valence-corrected chi connectivity index (χ3v) is 2.71. The second kappa shape index (κ2) is 5.99. The highest BCUT2D eigenvalue weighted by molar-refractivity contribution is 5.97. The van der Waals surface area contributed by atoms with Crippen LogP contribution in [0.25, 0.3) is 0 Å². The largest absolute Gasteiger partial charge is 0.496 e. The van der Waals surface area contributed by atoms with Gasteiger partial charge in [0.2, 0.25) is 0 Å². The average Bonchev–Trinajstić information content (AvgIpc) is 2.91. The number of hydrogen-bond acceptors (Lipinski definition) is 4. The van der Waals surface area contributed by atoms with Crippen molar-refractivity contribution in [1.29, 1.82) is 0 Å². The molecule has 0 spiro atoms. The zero-order valence-electron chi connectivity index (χ0n) is 10.9. The Kier molecular flexibility index (Phi) is 4.12. The van der Waals surface area contributed by atoms with Gasteiger partial charge in [-0.3, -0.25) is 9.89 Å². The first kappa shape index (κ1) is 13.1. The van der Waals surface area contributed by atoms with Gasteiger partial charge in [-0.25, -0.2) is 4.98 Å². The number of ether oxygens (including phenoxy) is 1. The molecule has 0 aliphatic rings. The van der Waals surface area contributed by atoms with Crippen LogP contribution < -0.4 is 10.1 Å². The van der Waals surface area contributed by atoms with Crippen molar-refractivity contribution in [2.24, 2.45) is 0 Å². The molecule has 0 bridgehead atoms. The van der Waals surface area contributed by atoms with E-state index in [0.29, 0.717) is 24.3 Å². The number of hydrogen-bond donors (Lipinski definition) is 2. The molecule has 2 aromatic rings. The van der Waals surface area contributed by atoms with Crippen LogP contribution in [0.4, 0.5) is 0 Å². The Balaban J connectivity index is 1.97. The van der Waals surface area contributed by atoms with Crippen molar-refractivity contribution in [1.82, 2.24) is 20.5 Å². The molecule has 19 heavy (non-hydrogen) atoms. The van der Waals surface area contributed by atoms with Crippen molar-refractivity contribution in [3.63, 3.8) is 0 Å². The SMILES string of the molecule is COc1ccc(C)cc1C(=O)NCCc1ncn[nH]1. The molecule has 1 heterocycles. The summed E-state index contributed by atoms with van der Waals surface area (Å²) < 4.78 is 5.18. The van der Waals surface area contributed by atoms with Crippen LogP contribution in [0.1, 0.15) is 21.7 Å². The number of H-pyrrole nitrogens is 1. The molecule has 2 rings (SSSR count). The highest BCUT2D eigenvalue weighted by atomic mass is 16.5. The molecule has 0 saturated heterocycles. The lowest BCUT2D eigenvalue weighted by molar-refractivity contribution is 0.0951. The van der Waals surface area contributed by atoms with Crippen molar-refractivity contribution >= 4 is 5.91 Å². The Labute approximate surface area is 111 Å². The summed E-state index contributed by atoms with van der Waals surface area (Å²) in [5.41, 5.74) is 1.56. The maximum atomic E-state index is 12.1. The van der Waals surface area contributed by atoms with E-state index in [1.165, 1.54) is 6.33 Å². The van der Waals surface area contributed by atoms with Gasteiger partial charge in [-0.15, -0.1) is 0 Å². The lowest BCUT2D eigenvalue weighted by Gasteiger charge is -2.09. The van der Waals surface area contributed by atoms with Crippen molar-refractivity contribution in [2.45, 2.75) is 13.3 Å². The van der Waals surface area contributed by atoms with Gasteiger partial charge in [0.1, 0.15) is 17.9 Å². The monoisotopic (exact) mass is 260 g/mol. The van der Waals surface area contributed by atoms with Crippen molar-refractivity contribution in [3.05, 3.63) is 41.5 Å². The van der Waals surface area contributed by atoms with Crippen LogP contribution in [0.15, 0.2) is 24.5 Å². The Hall–Kier alpha value is -2.37. The lowest BCUT2D eigenvalue weighted by atomic mass is 10.1. The quantitative estimate of drug-likeness (QED) is 0.843. The minimum atomic E-state index is -0.153. The number of aromatic amines is 1. The van der Waals surface area contributed by atoms with E-state index in [2.05, 4.69) is 20.5 Å². The predicted octanol–water partition coefficient (Wildman–Crippen LogP) is 1.09. The summed E-state index contributed by atoms with van der Waals surface area (Å²) in [4.78, 5) is 16.1. The molecule has 1 aromatic heterocycles. The van der Waals surface area contributed by atoms with Crippen molar-refractivity contribution in [3.8, 4) is 5.75 Å². The molecular formula is C13H16N4O2. The maximum Gasteiger partial charge on any atom is 0.255 e. The van der Waals surface area contributed by atoms with Gasteiger partial charge in [0.25, 0.3) is 5.91 Å². The predicted molar refractivity (Wildman–Crippen MR) is 70.2 cm³/mol. The Bertz CT molecular complexity index is 552. The molecule has 100 valence electrons. The number of carbonyl (C=O) groups excluding carboxylic acids is 1. The van der Waals surface area contributed by atoms with E-state index < -0.39 is 0 Å². The summed E-state index contributed by atoms with van der Waals surface area (Å²) in [7, 11) is 1.55. The van der Waals surface area contributed by atoms with E-state index in [1.54, 1.807) is 13.2 Å². The molecule has 0 saturated carbocycles. The molecule has 2 N–H and O–H groups in total. The molecule has 6 nitrogen and oxygen atoms in total. The number of methoxy groups -OCH3 is 1. The van der Waals surface area contributed by atoms with E-state index in [9.17, 15) is 4.79 Å². The number of amides is 1. The number of aryl methyl sites for hydroxylation is 1. The van der Waals surface area contributed by atoms with E-state index in [-0.39, 0.29) is 5.91 Å². The molecule has 1 aromatic carbocycles.